The smallest absolute Gasteiger partial charge is 0.294 e. The topological polar surface area (TPSA) is 52.9 Å². The summed E-state index contributed by atoms with van der Waals surface area (Å²) in [7, 11) is 0. The highest BCUT2D eigenvalue weighted by atomic mass is 16.1. The van der Waals surface area contributed by atoms with Gasteiger partial charge in [0.15, 0.2) is 0 Å². The van der Waals surface area contributed by atoms with Gasteiger partial charge in [-0.15, -0.1) is 0 Å². The number of anilines is 1. The van der Waals surface area contributed by atoms with Crippen molar-refractivity contribution in [1.29, 1.82) is 0 Å². The van der Waals surface area contributed by atoms with Crippen molar-refractivity contribution < 1.29 is 0 Å². The Balaban J connectivity index is 2.70. The van der Waals surface area contributed by atoms with Crippen LogP contribution in [-0.2, 0) is 13.0 Å². The maximum absolute atomic E-state index is 12.3. The standard InChI is InChI=1S/C14H19N3O/c1-3-10-16-12(4-2)13(15)14(18)17(16)11-8-6-5-7-9-11/h5-9H,3-4,10,15H2,1-2H3. The summed E-state index contributed by atoms with van der Waals surface area (Å²) in [6.07, 6.45) is 1.73. The van der Waals surface area contributed by atoms with Crippen LogP contribution in [0.4, 0.5) is 5.69 Å². The monoisotopic (exact) mass is 245 g/mol. The molecule has 0 unspecified atom stereocenters. The highest BCUT2D eigenvalue weighted by Gasteiger charge is 2.16. The highest BCUT2D eigenvalue weighted by Crippen LogP contribution is 2.14. The van der Waals surface area contributed by atoms with Gasteiger partial charge < -0.3 is 5.73 Å². The summed E-state index contributed by atoms with van der Waals surface area (Å²) in [6.45, 7) is 4.91. The van der Waals surface area contributed by atoms with Gasteiger partial charge in [0.2, 0.25) is 0 Å². The van der Waals surface area contributed by atoms with Crippen LogP contribution in [0, 0.1) is 0 Å². The van der Waals surface area contributed by atoms with Crippen LogP contribution in [0.3, 0.4) is 0 Å². The summed E-state index contributed by atoms with van der Waals surface area (Å²) >= 11 is 0. The number of para-hydroxylation sites is 1. The lowest BCUT2D eigenvalue weighted by molar-refractivity contribution is 0.516. The van der Waals surface area contributed by atoms with Gasteiger partial charge in [-0.3, -0.25) is 9.48 Å². The summed E-state index contributed by atoms with van der Waals surface area (Å²) in [4.78, 5) is 12.3. The first-order chi connectivity index (χ1) is 8.70. The van der Waals surface area contributed by atoms with E-state index in [9.17, 15) is 4.79 Å². The molecule has 96 valence electrons. The predicted molar refractivity (Wildman–Crippen MR) is 74.1 cm³/mol. The summed E-state index contributed by atoms with van der Waals surface area (Å²) in [5, 5.41) is 0. The predicted octanol–water partition coefficient (Wildman–Crippen LogP) is 2.19. The molecule has 0 radical (unpaired) electrons. The van der Waals surface area contributed by atoms with Crippen molar-refractivity contribution in [2.75, 3.05) is 5.73 Å². The van der Waals surface area contributed by atoms with Gasteiger partial charge >= 0.3 is 0 Å². The van der Waals surface area contributed by atoms with E-state index in [1.54, 1.807) is 4.68 Å². The fraction of sp³-hybridized carbons (Fsp3) is 0.357. The molecule has 18 heavy (non-hydrogen) atoms. The lowest BCUT2D eigenvalue weighted by atomic mass is 10.3. The van der Waals surface area contributed by atoms with Crippen molar-refractivity contribution in [2.45, 2.75) is 33.2 Å². The van der Waals surface area contributed by atoms with Crippen molar-refractivity contribution in [3.05, 3.63) is 46.4 Å². The van der Waals surface area contributed by atoms with E-state index in [1.807, 2.05) is 41.9 Å². The van der Waals surface area contributed by atoms with E-state index in [4.69, 9.17) is 5.73 Å². The molecule has 1 aromatic carbocycles. The van der Waals surface area contributed by atoms with Crippen molar-refractivity contribution in [3.8, 4) is 5.69 Å². The second kappa shape index (κ2) is 5.12. The van der Waals surface area contributed by atoms with E-state index in [-0.39, 0.29) is 5.56 Å². The molecule has 0 saturated carbocycles. The van der Waals surface area contributed by atoms with Crippen LogP contribution in [0.15, 0.2) is 35.1 Å². The van der Waals surface area contributed by atoms with E-state index in [0.717, 1.165) is 30.8 Å². The fourth-order valence-corrected chi connectivity index (χ4v) is 2.25. The zero-order chi connectivity index (χ0) is 13.1. The molecule has 0 aliphatic rings. The average Bonchev–Trinajstić information content (AvgIpc) is 2.63. The maximum atomic E-state index is 12.3. The quantitative estimate of drug-likeness (QED) is 0.897. The Kier molecular flexibility index (Phi) is 3.55. The average molecular weight is 245 g/mol. The number of nitrogen functional groups attached to an aromatic ring is 1. The van der Waals surface area contributed by atoms with E-state index in [0.29, 0.717) is 5.69 Å². The Morgan fingerprint density at radius 2 is 1.83 bits per heavy atom. The third kappa shape index (κ3) is 1.94. The fourth-order valence-electron chi connectivity index (χ4n) is 2.25. The lowest BCUT2D eigenvalue weighted by Crippen LogP contribution is -2.22. The molecule has 0 atom stereocenters. The molecule has 0 spiro atoms. The van der Waals surface area contributed by atoms with Gasteiger partial charge in [-0.1, -0.05) is 32.0 Å². The number of hydrogen-bond acceptors (Lipinski definition) is 2. The second-order valence-electron chi connectivity index (χ2n) is 4.29. The summed E-state index contributed by atoms with van der Waals surface area (Å²) in [6, 6.07) is 9.63. The van der Waals surface area contributed by atoms with E-state index in [2.05, 4.69) is 6.92 Å². The molecule has 2 rings (SSSR count). The van der Waals surface area contributed by atoms with Gasteiger partial charge in [-0.05, 0) is 25.0 Å². The van der Waals surface area contributed by atoms with Crippen LogP contribution in [-0.4, -0.2) is 9.36 Å². The Morgan fingerprint density at radius 3 is 2.39 bits per heavy atom. The Hall–Kier alpha value is -1.97. The van der Waals surface area contributed by atoms with E-state index < -0.39 is 0 Å². The first-order valence-electron chi connectivity index (χ1n) is 6.36. The number of rotatable bonds is 4. The number of hydrogen-bond donors (Lipinski definition) is 1. The Labute approximate surface area is 107 Å². The van der Waals surface area contributed by atoms with Gasteiger partial charge in [-0.25, -0.2) is 4.68 Å². The molecule has 0 saturated heterocycles. The molecule has 0 amide bonds. The van der Waals surface area contributed by atoms with Gasteiger partial charge in [0.1, 0.15) is 5.69 Å². The third-order valence-electron chi connectivity index (χ3n) is 3.06. The van der Waals surface area contributed by atoms with Crippen molar-refractivity contribution in [1.82, 2.24) is 9.36 Å². The minimum absolute atomic E-state index is 0.119. The molecule has 0 bridgehead atoms. The molecule has 0 fully saturated rings. The van der Waals surface area contributed by atoms with Crippen LogP contribution in [0.25, 0.3) is 5.69 Å². The molecule has 4 heteroatoms. The van der Waals surface area contributed by atoms with Gasteiger partial charge in [0.25, 0.3) is 5.56 Å². The van der Waals surface area contributed by atoms with Crippen molar-refractivity contribution >= 4 is 5.69 Å². The second-order valence-corrected chi connectivity index (χ2v) is 4.29. The van der Waals surface area contributed by atoms with Crippen LogP contribution in [0.5, 0.6) is 0 Å². The minimum Gasteiger partial charge on any atom is -0.393 e. The molecular weight excluding hydrogens is 226 g/mol. The lowest BCUT2D eigenvalue weighted by Gasteiger charge is -2.13. The molecule has 0 aliphatic carbocycles. The number of benzene rings is 1. The van der Waals surface area contributed by atoms with Crippen LogP contribution in [0.1, 0.15) is 26.0 Å². The zero-order valence-corrected chi connectivity index (χ0v) is 10.9. The van der Waals surface area contributed by atoms with Crippen LogP contribution < -0.4 is 11.3 Å². The van der Waals surface area contributed by atoms with Gasteiger partial charge in [-0.2, -0.15) is 0 Å². The number of nitrogens with zero attached hydrogens (tertiary/aromatic N) is 2. The minimum atomic E-state index is -0.119. The highest BCUT2D eigenvalue weighted by molar-refractivity contribution is 5.45. The normalized spacial score (nSPS) is 10.8. The summed E-state index contributed by atoms with van der Waals surface area (Å²) < 4.78 is 3.67. The SMILES string of the molecule is CCCn1c(CC)c(N)c(=O)n1-c1ccccc1. The largest absolute Gasteiger partial charge is 0.393 e. The van der Waals surface area contributed by atoms with Gasteiger partial charge in [0, 0.05) is 6.54 Å². The van der Waals surface area contributed by atoms with Gasteiger partial charge in [0.05, 0.1) is 11.4 Å². The van der Waals surface area contributed by atoms with Crippen LogP contribution >= 0.6 is 0 Å². The molecule has 0 aliphatic heterocycles. The first-order valence-corrected chi connectivity index (χ1v) is 6.36. The van der Waals surface area contributed by atoms with E-state index in [1.165, 1.54) is 0 Å². The van der Waals surface area contributed by atoms with E-state index >= 15 is 0 Å². The zero-order valence-electron chi connectivity index (χ0n) is 10.9. The summed E-state index contributed by atoms with van der Waals surface area (Å²) in [5.41, 5.74) is 7.96. The summed E-state index contributed by atoms with van der Waals surface area (Å²) in [5.74, 6) is 0. The number of nitrogens with two attached hydrogens (primary N) is 1. The Bertz CT molecular complexity index is 581. The molecular formula is C14H19N3O. The molecule has 2 N–H and O–H groups in total. The molecule has 4 nitrogen and oxygen atoms in total. The maximum Gasteiger partial charge on any atom is 0.294 e. The first kappa shape index (κ1) is 12.5. The van der Waals surface area contributed by atoms with Crippen LogP contribution in [0.2, 0.25) is 0 Å². The Morgan fingerprint density at radius 1 is 1.17 bits per heavy atom. The molecule has 1 aromatic heterocycles. The molecule has 1 heterocycles. The third-order valence-corrected chi connectivity index (χ3v) is 3.06. The van der Waals surface area contributed by atoms with Crippen molar-refractivity contribution in [2.24, 2.45) is 0 Å². The van der Waals surface area contributed by atoms with Crippen molar-refractivity contribution in [3.63, 3.8) is 0 Å². The number of aromatic nitrogens is 2. The molecule has 2 aromatic rings.